The minimum atomic E-state index is -3.29. The first kappa shape index (κ1) is 13.4. The average molecular weight is 268 g/mol. The smallest absolute Gasteiger partial charge is 0.239 e. The van der Waals surface area contributed by atoms with Crippen molar-refractivity contribution in [1.82, 2.24) is 5.32 Å². The van der Waals surface area contributed by atoms with Crippen LogP contribution in [0.1, 0.15) is 19.4 Å². The Balaban J connectivity index is 2.39. The molecule has 0 aromatic heterocycles. The van der Waals surface area contributed by atoms with Crippen LogP contribution in [0.3, 0.4) is 0 Å². The van der Waals surface area contributed by atoms with Crippen LogP contribution in [0.4, 0.5) is 5.69 Å². The standard InChI is InChI=1S/C13H20N2O2S/c1-10-8-12-6-4-5-7-13(12)15(10)18(16,17)11(2)9-14-3/h4-7,10-11,14H,8-9H2,1-3H3. The quantitative estimate of drug-likeness (QED) is 0.897. The Morgan fingerprint density at radius 2 is 2.11 bits per heavy atom. The lowest BCUT2D eigenvalue weighted by Gasteiger charge is -2.27. The number of sulfonamides is 1. The van der Waals surface area contributed by atoms with Gasteiger partial charge in [-0.2, -0.15) is 0 Å². The fourth-order valence-electron chi connectivity index (χ4n) is 2.51. The topological polar surface area (TPSA) is 49.4 Å². The van der Waals surface area contributed by atoms with Crippen molar-refractivity contribution < 1.29 is 8.42 Å². The number of nitrogens with zero attached hydrogens (tertiary/aromatic N) is 1. The number of para-hydroxylation sites is 1. The van der Waals surface area contributed by atoms with E-state index < -0.39 is 15.3 Å². The van der Waals surface area contributed by atoms with Crippen molar-refractivity contribution >= 4 is 15.7 Å². The molecule has 1 aromatic carbocycles. The van der Waals surface area contributed by atoms with Crippen LogP contribution in [0.2, 0.25) is 0 Å². The van der Waals surface area contributed by atoms with Crippen molar-refractivity contribution in [3.8, 4) is 0 Å². The minimum Gasteiger partial charge on any atom is -0.318 e. The third-order valence-corrected chi connectivity index (χ3v) is 5.71. The molecule has 2 atom stereocenters. The largest absolute Gasteiger partial charge is 0.318 e. The molecule has 1 aromatic rings. The number of benzene rings is 1. The van der Waals surface area contributed by atoms with Crippen LogP contribution in [0.5, 0.6) is 0 Å². The molecule has 0 aliphatic carbocycles. The van der Waals surface area contributed by atoms with E-state index in [1.165, 1.54) is 0 Å². The molecule has 1 heterocycles. The molecule has 0 saturated heterocycles. The van der Waals surface area contributed by atoms with Gasteiger partial charge < -0.3 is 5.32 Å². The molecule has 1 aliphatic rings. The van der Waals surface area contributed by atoms with E-state index in [9.17, 15) is 8.42 Å². The lowest BCUT2D eigenvalue weighted by atomic mass is 10.1. The zero-order chi connectivity index (χ0) is 13.3. The highest BCUT2D eigenvalue weighted by Gasteiger charge is 2.37. The highest BCUT2D eigenvalue weighted by Crippen LogP contribution is 2.35. The maximum Gasteiger partial charge on any atom is 0.239 e. The third kappa shape index (κ3) is 2.12. The van der Waals surface area contributed by atoms with Gasteiger partial charge in [-0.3, -0.25) is 4.31 Å². The van der Waals surface area contributed by atoms with Gasteiger partial charge in [0, 0.05) is 12.6 Å². The van der Waals surface area contributed by atoms with Gasteiger partial charge >= 0.3 is 0 Å². The predicted octanol–water partition coefficient (Wildman–Crippen LogP) is 1.38. The summed E-state index contributed by atoms with van der Waals surface area (Å²) < 4.78 is 26.8. The summed E-state index contributed by atoms with van der Waals surface area (Å²) in [6, 6.07) is 7.75. The second-order valence-corrected chi connectivity index (χ2v) is 7.12. The number of anilines is 1. The molecule has 0 spiro atoms. The Morgan fingerprint density at radius 3 is 2.78 bits per heavy atom. The first-order valence-corrected chi connectivity index (χ1v) is 7.74. The number of hydrogen-bond acceptors (Lipinski definition) is 3. The van der Waals surface area contributed by atoms with Gasteiger partial charge in [0.1, 0.15) is 0 Å². The molecule has 5 heteroatoms. The lowest BCUT2D eigenvalue weighted by molar-refractivity contribution is 0.567. The number of rotatable bonds is 4. The number of hydrogen-bond donors (Lipinski definition) is 1. The molecule has 0 saturated carbocycles. The van der Waals surface area contributed by atoms with Gasteiger partial charge in [-0.05, 0) is 38.9 Å². The van der Waals surface area contributed by atoms with Crippen LogP contribution in [0.15, 0.2) is 24.3 Å². The molecule has 0 fully saturated rings. The molecule has 2 unspecified atom stereocenters. The molecule has 0 bridgehead atoms. The van der Waals surface area contributed by atoms with Gasteiger partial charge in [0.05, 0.1) is 10.9 Å². The molecule has 0 radical (unpaired) electrons. The Morgan fingerprint density at radius 1 is 1.44 bits per heavy atom. The van der Waals surface area contributed by atoms with Gasteiger partial charge in [0.15, 0.2) is 0 Å². The van der Waals surface area contributed by atoms with E-state index in [1.54, 1.807) is 18.3 Å². The van der Waals surface area contributed by atoms with Crippen molar-refractivity contribution in [2.45, 2.75) is 31.6 Å². The van der Waals surface area contributed by atoms with E-state index >= 15 is 0 Å². The molecule has 0 amide bonds. The predicted molar refractivity (Wildman–Crippen MR) is 74.4 cm³/mol. The molecular formula is C13H20N2O2S. The van der Waals surface area contributed by atoms with Gasteiger partial charge in [0.2, 0.25) is 10.0 Å². The van der Waals surface area contributed by atoms with Gasteiger partial charge in [-0.25, -0.2) is 8.42 Å². The summed E-state index contributed by atoms with van der Waals surface area (Å²) >= 11 is 0. The van der Waals surface area contributed by atoms with E-state index in [1.807, 2.05) is 31.2 Å². The highest BCUT2D eigenvalue weighted by molar-refractivity contribution is 7.93. The zero-order valence-corrected chi connectivity index (χ0v) is 11.9. The number of fused-ring (bicyclic) bond motifs is 1. The molecule has 100 valence electrons. The van der Waals surface area contributed by atoms with Gasteiger partial charge in [-0.15, -0.1) is 0 Å². The van der Waals surface area contributed by atoms with Crippen LogP contribution in [0, 0.1) is 0 Å². The second-order valence-electron chi connectivity index (χ2n) is 4.89. The molecule has 18 heavy (non-hydrogen) atoms. The summed E-state index contributed by atoms with van der Waals surface area (Å²) in [5, 5.41) is 2.51. The van der Waals surface area contributed by atoms with Crippen molar-refractivity contribution in [2.24, 2.45) is 0 Å². The fourth-order valence-corrected chi connectivity index (χ4v) is 4.31. The van der Waals surface area contributed by atoms with Crippen LogP contribution >= 0.6 is 0 Å². The Bertz CT molecular complexity index is 528. The van der Waals surface area contributed by atoms with E-state index in [0.29, 0.717) is 6.54 Å². The molecular weight excluding hydrogens is 248 g/mol. The Labute approximate surface area is 109 Å². The lowest BCUT2D eigenvalue weighted by Crippen LogP contribution is -2.44. The van der Waals surface area contributed by atoms with Gasteiger partial charge in [0.25, 0.3) is 0 Å². The molecule has 2 rings (SSSR count). The van der Waals surface area contributed by atoms with Crippen molar-refractivity contribution in [1.29, 1.82) is 0 Å². The third-order valence-electron chi connectivity index (χ3n) is 3.42. The summed E-state index contributed by atoms with van der Waals surface area (Å²) in [6.07, 6.45) is 0.793. The second kappa shape index (κ2) is 4.90. The van der Waals surface area contributed by atoms with Crippen molar-refractivity contribution in [2.75, 3.05) is 17.9 Å². The summed E-state index contributed by atoms with van der Waals surface area (Å²) in [6.45, 7) is 4.18. The van der Waals surface area contributed by atoms with Crippen LogP contribution in [0.25, 0.3) is 0 Å². The average Bonchev–Trinajstić information content (AvgIpc) is 2.65. The van der Waals surface area contributed by atoms with Crippen molar-refractivity contribution in [3.05, 3.63) is 29.8 Å². The Kier molecular flexibility index (Phi) is 3.64. The maximum absolute atomic E-state index is 12.6. The molecule has 4 nitrogen and oxygen atoms in total. The monoisotopic (exact) mass is 268 g/mol. The summed E-state index contributed by atoms with van der Waals surface area (Å²) in [5.41, 5.74) is 1.96. The summed E-state index contributed by atoms with van der Waals surface area (Å²) in [7, 11) is -1.52. The summed E-state index contributed by atoms with van der Waals surface area (Å²) in [5.74, 6) is 0. The first-order valence-electron chi connectivity index (χ1n) is 6.24. The Hall–Kier alpha value is -1.07. The van der Waals surface area contributed by atoms with E-state index in [-0.39, 0.29) is 6.04 Å². The van der Waals surface area contributed by atoms with Crippen LogP contribution in [-0.4, -0.2) is 33.3 Å². The number of nitrogens with one attached hydrogen (secondary N) is 1. The van der Waals surface area contributed by atoms with E-state index in [4.69, 9.17) is 0 Å². The van der Waals surface area contributed by atoms with E-state index in [2.05, 4.69) is 5.32 Å². The molecule has 1 N–H and O–H groups in total. The van der Waals surface area contributed by atoms with Gasteiger partial charge in [-0.1, -0.05) is 18.2 Å². The SMILES string of the molecule is CNCC(C)S(=O)(=O)N1c2ccccc2CC1C. The first-order chi connectivity index (χ1) is 8.48. The van der Waals surface area contributed by atoms with Crippen LogP contribution in [-0.2, 0) is 16.4 Å². The maximum atomic E-state index is 12.6. The normalized spacial score (nSPS) is 20.8. The summed E-state index contributed by atoms with van der Waals surface area (Å²) in [4.78, 5) is 0. The minimum absolute atomic E-state index is 0.00621. The van der Waals surface area contributed by atoms with Crippen LogP contribution < -0.4 is 9.62 Å². The zero-order valence-electron chi connectivity index (χ0n) is 11.1. The van der Waals surface area contributed by atoms with E-state index in [0.717, 1.165) is 17.7 Å². The molecule has 1 aliphatic heterocycles. The fraction of sp³-hybridized carbons (Fsp3) is 0.538. The highest BCUT2D eigenvalue weighted by atomic mass is 32.2. The van der Waals surface area contributed by atoms with Crippen molar-refractivity contribution in [3.63, 3.8) is 0 Å².